The van der Waals surface area contributed by atoms with Crippen molar-refractivity contribution in [1.82, 2.24) is 5.32 Å². The first kappa shape index (κ1) is 50.0. The summed E-state index contributed by atoms with van der Waals surface area (Å²) in [6.45, 7) is 4.66. The minimum atomic E-state index is -4.57. The molecule has 0 aromatic rings. The van der Waals surface area contributed by atoms with Gasteiger partial charge in [-0.25, -0.2) is 0 Å². The highest BCUT2D eigenvalue weighted by Crippen LogP contribution is 2.38. The van der Waals surface area contributed by atoms with Crippen molar-refractivity contribution in [3.05, 3.63) is 24.3 Å². The number of nitrogens with one attached hydrogen (secondary N) is 1. The van der Waals surface area contributed by atoms with Gasteiger partial charge in [-0.2, -0.15) is 0 Å². The standard InChI is InChI=1S/C42H83N2O6P/c1-6-8-10-12-14-16-18-20-21-22-24-25-27-29-31-33-35-41(45)40(39-50-51(47,48)49-38-37-44(3,4)5)43-42(46)36-34-32-30-28-26-23-19-17-15-13-11-9-7-2/h17,19,25,27,40-41,45H,6-16,18,20-24,26,28-39H2,1-5H3,(H-,43,46,47,48)/b19-17+,27-25+/t40-,41+/m0/s1. The first-order chi connectivity index (χ1) is 24.5. The minimum Gasteiger partial charge on any atom is -0.756 e. The molecule has 1 amide bonds. The van der Waals surface area contributed by atoms with Crippen molar-refractivity contribution in [2.45, 2.75) is 199 Å². The quantitative estimate of drug-likeness (QED) is 0.0282. The van der Waals surface area contributed by atoms with Crippen LogP contribution in [0.1, 0.15) is 187 Å². The number of hydrogen-bond donors (Lipinski definition) is 2. The molecule has 0 aliphatic rings. The van der Waals surface area contributed by atoms with E-state index in [4.69, 9.17) is 9.05 Å². The smallest absolute Gasteiger partial charge is 0.268 e. The van der Waals surface area contributed by atoms with E-state index in [0.29, 0.717) is 23.9 Å². The topological polar surface area (TPSA) is 108 Å². The lowest BCUT2D eigenvalue weighted by molar-refractivity contribution is -0.870. The molecule has 8 nitrogen and oxygen atoms in total. The van der Waals surface area contributed by atoms with Gasteiger partial charge in [-0.15, -0.1) is 0 Å². The molecule has 0 heterocycles. The Balaban J connectivity index is 4.46. The fraction of sp³-hybridized carbons (Fsp3) is 0.881. The average molecular weight is 743 g/mol. The van der Waals surface area contributed by atoms with E-state index in [-0.39, 0.29) is 19.1 Å². The molecule has 0 radical (unpaired) electrons. The van der Waals surface area contributed by atoms with Crippen LogP contribution in [0.2, 0.25) is 0 Å². The van der Waals surface area contributed by atoms with Gasteiger partial charge in [0.25, 0.3) is 7.82 Å². The molecule has 3 atom stereocenters. The fourth-order valence-electron chi connectivity index (χ4n) is 5.97. The molecule has 0 spiro atoms. The van der Waals surface area contributed by atoms with Crippen LogP contribution in [0.3, 0.4) is 0 Å². The van der Waals surface area contributed by atoms with Gasteiger partial charge in [-0.05, 0) is 64.2 Å². The Labute approximate surface area is 315 Å². The molecule has 1 unspecified atom stereocenters. The number of quaternary nitrogens is 1. The highest BCUT2D eigenvalue weighted by molar-refractivity contribution is 7.45. The largest absolute Gasteiger partial charge is 0.756 e. The lowest BCUT2D eigenvalue weighted by Gasteiger charge is -2.30. The Morgan fingerprint density at radius 1 is 0.667 bits per heavy atom. The predicted octanol–water partition coefficient (Wildman–Crippen LogP) is 10.7. The number of allylic oxidation sites excluding steroid dienone is 4. The van der Waals surface area contributed by atoms with E-state index < -0.39 is 20.0 Å². The summed E-state index contributed by atoms with van der Waals surface area (Å²) in [5.74, 6) is -0.185. The Morgan fingerprint density at radius 3 is 1.55 bits per heavy atom. The number of aliphatic hydroxyl groups excluding tert-OH is 1. The number of carbonyl (C=O) groups excluding carboxylic acids is 1. The third-order valence-electron chi connectivity index (χ3n) is 9.41. The zero-order valence-corrected chi connectivity index (χ0v) is 35.0. The van der Waals surface area contributed by atoms with E-state index in [1.165, 1.54) is 103 Å². The van der Waals surface area contributed by atoms with Crippen LogP contribution in [0.15, 0.2) is 24.3 Å². The SMILES string of the molecule is CCCCCC/C=C/CCCCCCCC(=O)N[C@@H](COP(=O)([O-])OCC[N+](C)(C)C)[C@H](O)CCCC/C=C/CCCCCCCCCCCC. The number of rotatable bonds is 38. The van der Waals surface area contributed by atoms with Crippen molar-refractivity contribution in [3.63, 3.8) is 0 Å². The first-order valence-electron chi connectivity index (χ1n) is 21.2. The average Bonchev–Trinajstić information content (AvgIpc) is 3.07. The molecular formula is C42H83N2O6P. The number of carbonyl (C=O) groups is 1. The van der Waals surface area contributed by atoms with Crippen molar-refractivity contribution < 1.29 is 32.9 Å². The van der Waals surface area contributed by atoms with Gasteiger partial charge in [-0.3, -0.25) is 9.36 Å². The van der Waals surface area contributed by atoms with Crippen molar-refractivity contribution in [1.29, 1.82) is 0 Å². The summed E-state index contributed by atoms with van der Waals surface area (Å²) in [7, 11) is 1.28. The van der Waals surface area contributed by atoms with Crippen molar-refractivity contribution in [3.8, 4) is 0 Å². The second-order valence-corrected chi connectivity index (χ2v) is 17.1. The molecular weight excluding hydrogens is 659 g/mol. The van der Waals surface area contributed by atoms with Crippen LogP contribution in [-0.2, 0) is 18.4 Å². The van der Waals surface area contributed by atoms with E-state index in [1.807, 2.05) is 21.1 Å². The summed E-state index contributed by atoms with van der Waals surface area (Å²) < 4.78 is 23.2. The molecule has 0 rings (SSSR count). The van der Waals surface area contributed by atoms with Crippen LogP contribution >= 0.6 is 7.82 Å². The maximum atomic E-state index is 12.8. The van der Waals surface area contributed by atoms with Gasteiger partial charge in [0.2, 0.25) is 5.91 Å². The van der Waals surface area contributed by atoms with E-state index in [1.54, 1.807) is 0 Å². The summed E-state index contributed by atoms with van der Waals surface area (Å²) >= 11 is 0. The van der Waals surface area contributed by atoms with Gasteiger partial charge in [0.05, 0.1) is 39.9 Å². The number of unbranched alkanes of at least 4 members (excludes halogenated alkanes) is 21. The normalized spacial score (nSPS) is 14.7. The third-order valence-corrected chi connectivity index (χ3v) is 10.4. The Morgan fingerprint density at radius 2 is 1.08 bits per heavy atom. The second kappa shape index (κ2) is 34.7. The Hall–Kier alpha value is -1.02. The second-order valence-electron chi connectivity index (χ2n) is 15.7. The number of likely N-dealkylation sites (N-methyl/N-ethyl adjacent to an activating group) is 1. The molecule has 51 heavy (non-hydrogen) atoms. The summed E-state index contributed by atoms with van der Waals surface area (Å²) in [6, 6.07) is -0.817. The van der Waals surface area contributed by atoms with Gasteiger partial charge in [0.15, 0.2) is 0 Å². The van der Waals surface area contributed by atoms with E-state index >= 15 is 0 Å². The number of phosphoric ester groups is 1. The first-order valence-corrected chi connectivity index (χ1v) is 22.6. The number of amides is 1. The molecule has 0 saturated carbocycles. The zero-order valence-electron chi connectivity index (χ0n) is 34.1. The number of nitrogens with zero attached hydrogens (tertiary/aromatic N) is 1. The van der Waals surface area contributed by atoms with Gasteiger partial charge < -0.3 is 28.8 Å². The lowest BCUT2D eigenvalue weighted by Crippen LogP contribution is -2.46. The highest BCUT2D eigenvalue weighted by Gasteiger charge is 2.24. The van der Waals surface area contributed by atoms with Crippen LogP contribution in [-0.4, -0.2) is 68.5 Å². The summed E-state index contributed by atoms with van der Waals surface area (Å²) in [5.41, 5.74) is 0. The Bertz CT molecular complexity index is 891. The van der Waals surface area contributed by atoms with Crippen LogP contribution in [0.25, 0.3) is 0 Å². The highest BCUT2D eigenvalue weighted by atomic mass is 31.2. The molecule has 0 aliphatic heterocycles. The minimum absolute atomic E-state index is 0.00586. The predicted molar refractivity (Wildman–Crippen MR) is 215 cm³/mol. The fourth-order valence-corrected chi connectivity index (χ4v) is 6.69. The molecule has 0 aromatic carbocycles. The van der Waals surface area contributed by atoms with Gasteiger partial charge >= 0.3 is 0 Å². The van der Waals surface area contributed by atoms with Crippen molar-refractivity contribution in [2.24, 2.45) is 0 Å². The van der Waals surface area contributed by atoms with Crippen LogP contribution in [0.4, 0.5) is 0 Å². The molecule has 9 heteroatoms. The van der Waals surface area contributed by atoms with Gasteiger partial charge in [0.1, 0.15) is 13.2 Å². The van der Waals surface area contributed by atoms with E-state index in [2.05, 4.69) is 43.5 Å². The van der Waals surface area contributed by atoms with Crippen molar-refractivity contribution in [2.75, 3.05) is 40.9 Å². The lowest BCUT2D eigenvalue weighted by atomic mass is 10.0. The molecule has 0 saturated heterocycles. The number of hydrogen-bond acceptors (Lipinski definition) is 6. The van der Waals surface area contributed by atoms with Crippen LogP contribution < -0.4 is 10.2 Å². The van der Waals surface area contributed by atoms with Gasteiger partial charge in [0, 0.05) is 6.42 Å². The van der Waals surface area contributed by atoms with Crippen LogP contribution in [0.5, 0.6) is 0 Å². The molecule has 302 valence electrons. The molecule has 0 aliphatic carbocycles. The Kier molecular flexibility index (Phi) is 34.0. The number of aliphatic hydroxyl groups is 1. The third kappa shape index (κ3) is 37.1. The maximum Gasteiger partial charge on any atom is 0.268 e. The summed E-state index contributed by atoms with van der Waals surface area (Å²) in [6.07, 6.45) is 38.9. The summed E-state index contributed by atoms with van der Waals surface area (Å²) in [4.78, 5) is 25.2. The monoisotopic (exact) mass is 743 g/mol. The van der Waals surface area contributed by atoms with Gasteiger partial charge in [-0.1, -0.05) is 141 Å². The van der Waals surface area contributed by atoms with Crippen molar-refractivity contribution >= 4 is 13.7 Å². The molecule has 0 aromatic heterocycles. The van der Waals surface area contributed by atoms with E-state index in [0.717, 1.165) is 57.8 Å². The summed E-state index contributed by atoms with van der Waals surface area (Å²) in [5, 5.41) is 13.8. The van der Waals surface area contributed by atoms with E-state index in [9.17, 15) is 19.4 Å². The molecule has 2 N–H and O–H groups in total. The molecule has 0 fully saturated rings. The maximum absolute atomic E-state index is 12.8. The van der Waals surface area contributed by atoms with Crippen LogP contribution in [0, 0.1) is 0 Å². The molecule has 0 bridgehead atoms. The zero-order chi connectivity index (χ0) is 37.9. The number of phosphoric acid groups is 1.